The summed E-state index contributed by atoms with van der Waals surface area (Å²) in [6, 6.07) is 0. The average Bonchev–Trinajstić information content (AvgIpc) is 2.16. The van der Waals surface area contributed by atoms with Crippen molar-refractivity contribution in [3.05, 3.63) is 0 Å². The van der Waals surface area contributed by atoms with Crippen LogP contribution in [0.1, 0.15) is 40.0 Å². The number of hydrogen-bond donors (Lipinski definition) is 2. The van der Waals surface area contributed by atoms with E-state index >= 15 is 0 Å². The Morgan fingerprint density at radius 3 is 2.56 bits per heavy atom. The summed E-state index contributed by atoms with van der Waals surface area (Å²) >= 11 is 0. The Balaban J connectivity index is 2.68. The molecule has 96 valence electrons. The summed E-state index contributed by atoms with van der Waals surface area (Å²) in [7, 11) is -3.79. The zero-order chi connectivity index (χ0) is 12.3. The third-order valence-electron chi connectivity index (χ3n) is 3.44. The lowest BCUT2D eigenvalue weighted by Crippen LogP contribution is -2.33. The van der Waals surface area contributed by atoms with E-state index in [1.807, 2.05) is 0 Å². The lowest BCUT2D eigenvalue weighted by Gasteiger charge is -2.37. The molecule has 4 nitrogen and oxygen atoms in total. The van der Waals surface area contributed by atoms with Gasteiger partial charge in [-0.3, -0.25) is 4.57 Å². The van der Waals surface area contributed by atoms with Gasteiger partial charge in [0.2, 0.25) is 0 Å². The normalized spacial score (nSPS) is 35.0. The fourth-order valence-electron chi connectivity index (χ4n) is 2.48. The summed E-state index contributed by atoms with van der Waals surface area (Å²) in [5.41, 5.74) is 0. The van der Waals surface area contributed by atoms with Crippen LogP contribution in [0.4, 0.5) is 0 Å². The second kappa shape index (κ2) is 5.63. The maximum absolute atomic E-state index is 11.4. The van der Waals surface area contributed by atoms with Crippen LogP contribution in [0.15, 0.2) is 0 Å². The highest BCUT2D eigenvalue weighted by molar-refractivity contribution is 7.52. The van der Waals surface area contributed by atoms with E-state index in [2.05, 4.69) is 20.8 Å². The molecule has 1 fully saturated rings. The molecule has 1 aliphatic carbocycles. The maximum Gasteiger partial charge on any atom is 0.353 e. The van der Waals surface area contributed by atoms with Crippen LogP contribution in [0, 0.1) is 17.8 Å². The van der Waals surface area contributed by atoms with Gasteiger partial charge in [-0.2, -0.15) is 0 Å². The van der Waals surface area contributed by atoms with Gasteiger partial charge in [-0.1, -0.05) is 27.2 Å². The van der Waals surface area contributed by atoms with Crippen molar-refractivity contribution in [3.63, 3.8) is 0 Å². The summed E-state index contributed by atoms with van der Waals surface area (Å²) in [5, 5.41) is 8.78. The number of rotatable bonds is 4. The van der Waals surface area contributed by atoms with E-state index in [4.69, 9.17) is 9.63 Å². The van der Waals surface area contributed by atoms with Gasteiger partial charge < -0.3 is 14.5 Å². The molecule has 0 bridgehead atoms. The quantitative estimate of drug-likeness (QED) is 0.752. The molecule has 0 aromatic heterocycles. The minimum atomic E-state index is -3.79. The molecule has 0 aromatic rings. The van der Waals surface area contributed by atoms with Crippen LogP contribution >= 0.6 is 7.60 Å². The first-order chi connectivity index (χ1) is 7.35. The highest BCUT2D eigenvalue weighted by Crippen LogP contribution is 2.47. The van der Waals surface area contributed by atoms with E-state index < -0.39 is 13.9 Å². The van der Waals surface area contributed by atoms with Gasteiger partial charge in [0.25, 0.3) is 0 Å². The Bertz CT molecular complexity index is 267. The topological polar surface area (TPSA) is 66.8 Å². The largest absolute Gasteiger partial charge is 0.384 e. The Hall–Kier alpha value is 0.110. The van der Waals surface area contributed by atoms with Gasteiger partial charge in [0, 0.05) is 0 Å². The lowest BCUT2D eigenvalue weighted by molar-refractivity contribution is 0.0338. The summed E-state index contributed by atoms with van der Waals surface area (Å²) in [5.74, 6) is 1.29. The molecule has 1 aliphatic rings. The molecule has 0 radical (unpaired) electrons. The standard InChI is InChI=1S/C11H23O4P/c1-8(2)10-5-4-9(3)6-11(10)15-16(13,14)7-12/h8-12H,4-7H2,1-3H3,(H,13,14). The second-order valence-electron chi connectivity index (χ2n) is 5.25. The monoisotopic (exact) mass is 250 g/mol. The van der Waals surface area contributed by atoms with Gasteiger partial charge in [-0.15, -0.1) is 0 Å². The van der Waals surface area contributed by atoms with Gasteiger partial charge >= 0.3 is 7.60 Å². The van der Waals surface area contributed by atoms with Crippen LogP contribution in [0.2, 0.25) is 0 Å². The van der Waals surface area contributed by atoms with Crippen LogP contribution in [0.25, 0.3) is 0 Å². The van der Waals surface area contributed by atoms with Crippen LogP contribution in [-0.2, 0) is 9.09 Å². The van der Waals surface area contributed by atoms with E-state index in [0.717, 1.165) is 19.3 Å². The first kappa shape index (κ1) is 14.2. The molecular formula is C11H23O4P. The van der Waals surface area contributed by atoms with Gasteiger partial charge in [-0.25, -0.2) is 0 Å². The Morgan fingerprint density at radius 1 is 1.44 bits per heavy atom. The SMILES string of the molecule is CC1CCC(C(C)C)C(OP(=O)(O)CO)C1. The molecule has 1 saturated carbocycles. The van der Waals surface area contributed by atoms with Gasteiger partial charge in [0.15, 0.2) is 0 Å². The molecular weight excluding hydrogens is 227 g/mol. The summed E-state index contributed by atoms with van der Waals surface area (Å²) in [6.45, 7) is 6.35. The molecule has 4 unspecified atom stereocenters. The van der Waals surface area contributed by atoms with E-state index in [1.165, 1.54) is 0 Å². The van der Waals surface area contributed by atoms with Crippen LogP contribution < -0.4 is 0 Å². The van der Waals surface area contributed by atoms with Crippen molar-refractivity contribution in [2.24, 2.45) is 17.8 Å². The second-order valence-corrected chi connectivity index (χ2v) is 7.02. The van der Waals surface area contributed by atoms with E-state index in [-0.39, 0.29) is 6.10 Å². The third kappa shape index (κ3) is 3.85. The fourth-order valence-corrected chi connectivity index (χ4v) is 3.21. The summed E-state index contributed by atoms with van der Waals surface area (Å²) in [6.07, 6.45) is 2.02. The maximum atomic E-state index is 11.4. The average molecular weight is 250 g/mol. The molecule has 0 saturated heterocycles. The van der Waals surface area contributed by atoms with Gasteiger partial charge in [-0.05, 0) is 30.6 Å². The molecule has 0 aliphatic heterocycles. The lowest BCUT2D eigenvalue weighted by atomic mass is 9.75. The zero-order valence-electron chi connectivity index (χ0n) is 10.3. The predicted molar refractivity (Wildman–Crippen MR) is 63.1 cm³/mol. The van der Waals surface area contributed by atoms with Crippen molar-refractivity contribution in [1.82, 2.24) is 0 Å². The fraction of sp³-hybridized carbons (Fsp3) is 1.00. The minimum absolute atomic E-state index is 0.188. The van der Waals surface area contributed by atoms with Crippen molar-refractivity contribution in [3.8, 4) is 0 Å². The molecule has 4 atom stereocenters. The van der Waals surface area contributed by atoms with Crippen LogP contribution in [0.5, 0.6) is 0 Å². The minimum Gasteiger partial charge on any atom is -0.384 e. The summed E-state index contributed by atoms with van der Waals surface area (Å²) in [4.78, 5) is 9.34. The van der Waals surface area contributed by atoms with Crippen molar-refractivity contribution in [1.29, 1.82) is 0 Å². The predicted octanol–water partition coefficient (Wildman–Crippen LogP) is 2.60. The first-order valence-corrected chi connectivity index (χ1v) is 7.73. The van der Waals surface area contributed by atoms with Crippen molar-refractivity contribution < 1.29 is 19.1 Å². The van der Waals surface area contributed by atoms with E-state index in [9.17, 15) is 9.46 Å². The van der Waals surface area contributed by atoms with Crippen molar-refractivity contribution >= 4 is 7.60 Å². The molecule has 1 rings (SSSR count). The molecule has 0 aromatic carbocycles. The molecule has 5 heteroatoms. The summed E-state index contributed by atoms with van der Waals surface area (Å²) < 4.78 is 16.6. The van der Waals surface area contributed by atoms with Crippen molar-refractivity contribution in [2.75, 3.05) is 6.35 Å². The first-order valence-electron chi connectivity index (χ1n) is 5.97. The highest BCUT2D eigenvalue weighted by atomic mass is 31.2. The Kier molecular flexibility index (Phi) is 4.99. The smallest absolute Gasteiger partial charge is 0.353 e. The van der Waals surface area contributed by atoms with E-state index in [0.29, 0.717) is 17.8 Å². The van der Waals surface area contributed by atoms with Crippen LogP contribution in [-0.4, -0.2) is 22.5 Å². The third-order valence-corrected chi connectivity index (χ3v) is 4.40. The van der Waals surface area contributed by atoms with Crippen molar-refractivity contribution in [2.45, 2.75) is 46.1 Å². The number of hydrogen-bond acceptors (Lipinski definition) is 3. The highest BCUT2D eigenvalue weighted by Gasteiger charge is 2.35. The molecule has 0 heterocycles. The molecule has 2 N–H and O–H groups in total. The molecule has 16 heavy (non-hydrogen) atoms. The Morgan fingerprint density at radius 2 is 2.06 bits per heavy atom. The van der Waals surface area contributed by atoms with Gasteiger partial charge in [0.1, 0.15) is 6.35 Å². The molecule has 0 amide bonds. The van der Waals surface area contributed by atoms with E-state index in [1.54, 1.807) is 0 Å². The van der Waals surface area contributed by atoms with Crippen LogP contribution in [0.3, 0.4) is 0 Å². The Labute approximate surface area is 97.5 Å². The number of aliphatic hydroxyl groups excluding tert-OH is 1. The zero-order valence-corrected chi connectivity index (χ0v) is 11.2. The van der Waals surface area contributed by atoms with Gasteiger partial charge in [0.05, 0.1) is 6.10 Å². The molecule has 0 spiro atoms. The number of aliphatic hydroxyl groups is 1.